The number of benzene rings is 2. The maximum Gasteiger partial charge on any atom is 0.235 e. The molecule has 0 spiro atoms. The van der Waals surface area contributed by atoms with E-state index in [0.717, 1.165) is 48.8 Å². The van der Waals surface area contributed by atoms with Gasteiger partial charge in [-0.15, -0.1) is 0 Å². The molecule has 2 aromatic rings. The average molecular weight is 403 g/mol. The molecule has 2 N–H and O–H groups in total. The molecule has 0 heterocycles. The van der Waals surface area contributed by atoms with Crippen molar-refractivity contribution in [3.8, 4) is 5.75 Å². The molecule has 0 radical (unpaired) electrons. The van der Waals surface area contributed by atoms with Gasteiger partial charge in [0.1, 0.15) is 5.75 Å². The van der Waals surface area contributed by atoms with Gasteiger partial charge in [-0.25, -0.2) is 8.42 Å². The highest BCUT2D eigenvalue weighted by Gasteiger charge is 2.43. The molecule has 2 aromatic carbocycles. The summed E-state index contributed by atoms with van der Waals surface area (Å²) in [6, 6.07) is 12.9. The second kappa shape index (κ2) is 7.83. The number of sulfonamides is 1. The van der Waals surface area contributed by atoms with Crippen molar-refractivity contribution in [1.29, 1.82) is 0 Å². The van der Waals surface area contributed by atoms with Gasteiger partial charge in [-0.2, -0.15) is 0 Å². The predicted octanol–water partition coefficient (Wildman–Crippen LogP) is 3.83. The third-order valence-corrected chi connectivity index (χ3v) is 5.90. The Labute approximate surface area is 166 Å². The van der Waals surface area contributed by atoms with Crippen molar-refractivity contribution < 1.29 is 17.9 Å². The van der Waals surface area contributed by atoms with E-state index >= 15 is 0 Å². The van der Waals surface area contributed by atoms with Crippen LogP contribution in [-0.2, 0) is 20.2 Å². The number of carbonyl (C=O) groups is 1. The number of aryl methyl sites for hydroxylation is 1. The van der Waals surface area contributed by atoms with Crippen molar-refractivity contribution in [2.45, 2.75) is 38.0 Å². The molecule has 0 aromatic heterocycles. The molecular weight excluding hydrogens is 376 g/mol. The lowest BCUT2D eigenvalue weighted by molar-refractivity contribution is -0.121. The van der Waals surface area contributed by atoms with Gasteiger partial charge in [-0.1, -0.05) is 31.0 Å². The number of amides is 1. The van der Waals surface area contributed by atoms with Crippen molar-refractivity contribution in [1.82, 2.24) is 0 Å². The SMILES string of the molecule is COc1cccc(C2(C(=O)Nc3ccc(C)c(NS(C)(=O)=O)c3)CCCC2)c1. The summed E-state index contributed by atoms with van der Waals surface area (Å²) < 4.78 is 31.0. The fourth-order valence-electron chi connectivity index (χ4n) is 3.81. The highest BCUT2D eigenvalue weighted by atomic mass is 32.2. The third-order valence-electron chi connectivity index (χ3n) is 5.30. The van der Waals surface area contributed by atoms with E-state index in [-0.39, 0.29) is 5.91 Å². The van der Waals surface area contributed by atoms with Crippen LogP contribution in [0.1, 0.15) is 36.8 Å². The molecule has 150 valence electrons. The van der Waals surface area contributed by atoms with E-state index in [4.69, 9.17) is 4.74 Å². The lowest BCUT2D eigenvalue weighted by Gasteiger charge is -2.29. The average Bonchev–Trinajstić information content (AvgIpc) is 3.14. The molecule has 1 saturated carbocycles. The van der Waals surface area contributed by atoms with E-state index in [1.165, 1.54) is 0 Å². The van der Waals surface area contributed by atoms with E-state index in [0.29, 0.717) is 11.4 Å². The molecule has 0 unspecified atom stereocenters. The second-order valence-corrected chi connectivity index (χ2v) is 9.13. The van der Waals surface area contributed by atoms with Gasteiger partial charge in [0, 0.05) is 5.69 Å². The maximum atomic E-state index is 13.3. The van der Waals surface area contributed by atoms with E-state index in [1.54, 1.807) is 25.3 Å². The van der Waals surface area contributed by atoms with Gasteiger partial charge in [0.05, 0.1) is 24.5 Å². The summed E-state index contributed by atoms with van der Waals surface area (Å²) in [5, 5.41) is 3.00. The summed E-state index contributed by atoms with van der Waals surface area (Å²) in [7, 11) is -1.79. The zero-order valence-electron chi connectivity index (χ0n) is 16.4. The second-order valence-electron chi connectivity index (χ2n) is 7.38. The first-order chi connectivity index (χ1) is 13.2. The first kappa shape index (κ1) is 20.2. The van der Waals surface area contributed by atoms with Gasteiger partial charge < -0.3 is 10.1 Å². The Balaban J connectivity index is 1.90. The predicted molar refractivity (Wildman–Crippen MR) is 111 cm³/mol. The Morgan fingerprint density at radius 3 is 2.46 bits per heavy atom. The Morgan fingerprint density at radius 2 is 1.82 bits per heavy atom. The summed E-state index contributed by atoms with van der Waals surface area (Å²) >= 11 is 0. The minimum atomic E-state index is -3.40. The summed E-state index contributed by atoms with van der Waals surface area (Å²) in [4.78, 5) is 13.3. The molecule has 0 bridgehead atoms. The normalized spacial score (nSPS) is 15.8. The van der Waals surface area contributed by atoms with Gasteiger partial charge in [0.15, 0.2) is 0 Å². The van der Waals surface area contributed by atoms with Gasteiger partial charge in [0.2, 0.25) is 15.9 Å². The van der Waals surface area contributed by atoms with Gasteiger partial charge in [0.25, 0.3) is 0 Å². The summed E-state index contributed by atoms with van der Waals surface area (Å²) in [5.74, 6) is 0.652. The minimum Gasteiger partial charge on any atom is -0.497 e. The molecule has 7 heteroatoms. The van der Waals surface area contributed by atoms with Crippen molar-refractivity contribution in [3.63, 3.8) is 0 Å². The maximum absolute atomic E-state index is 13.3. The summed E-state index contributed by atoms with van der Waals surface area (Å²) in [6.45, 7) is 1.81. The van der Waals surface area contributed by atoms with Crippen LogP contribution in [0.25, 0.3) is 0 Å². The van der Waals surface area contributed by atoms with Gasteiger partial charge in [-0.05, 0) is 55.2 Å². The zero-order chi connectivity index (χ0) is 20.4. The number of nitrogens with one attached hydrogen (secondary N) is 2. The summed E-state index contributed by atoms with van der Waals surface area (Å²) in [5.41, 5.74) is 2.15. The molecule has 6 nitrogen and oxygen atoms in total. The lowest BCUT2D eigenvalue weighted by atomic mass is 9.78. The van der Waals surface area contributed by atoms with Crippen LogP contribution in [0, 0.1) is 6.92 Å². The van der Waals surface area contributed by atoms with E-state index in [2.05, 4.69) is 10.0 Å². The Bertz CT molecular complexity index is 980. The van der Waals surface area contributed by atoms with Crippen LogP contribution in [0.5, 0.6) is 5.75 Å². The molecule has 0 saturated heterocycles. The number of carbonyl (C=O) groups excluding carboxylic acids is 1. The van der Waals surface area contributed by atoms with E-state index in [1.807, 2.05) is 31.2 Å². The monoisotopic (exact) mass is 402 g/mol. The molecule has 1 amide bonds. The number of methoxy groups -OCH3 is 1. The summed E-state index contributed by atoms with van der Waals surface area (Å²) in [6.07, 6.45) is 4.62. The van der Waals surface area contributed by atoms with Gasteiger partial charge in [-0.3, -0.25) is 9.52 Å². The van der Waals surface area contributed by atoms with Crippen molar-refractivity contribution in [2.24, 2.45) is 0 Å². The molecule has 3 rings (SSSR count). The molecule has 1 aliphatic carbocycles. The molecule has 1 aliphatic rings. The van der Waals surface area contributed by atoms with Crippen LogP contribution in [0.2, 0.25) is 0 Å². The highest BCUT2D eigenvalue weighted by molar-refractivity contribution is 7.92. The number of hydrogen-bond acceptors (Lipinski definition) is 4. The quantitative estimate of drug-likeness (QED) is 0.769. The van der Waals surface area contributed by atoms with Crippen LogP contribution in [0.15, 0.2) is 42.5 Å². The first-order valence-electron chi connectivity index (χ1n) is 9.28. The number of anilines is 2. The molecular formula is C21H26N2O4S. The Hall–Kier alpha value is -2.54. The van der Waals surface area contributed by atoms with E-state index < -0.39 is 15.4 Å². The molecule has 0 aliphatic heterocycles. The third kappa shape index (κ3) is 4.30. The number of hydrogen-bond donors (Lipinski definition) is 2. The molecule has 1 fully saturated rings. The van der Waals surface area contributed by atoms with Crippen LogP contribution >= 0.6 is 0 Å². The van der Waals surface area contributed by atoms with Gasteiger partial charge >= 0.3 is 0 Å². The van der Waals surface area contributed by atoms with Crippen molar-refractivity contribution in [3.05, 3.63) is 53.6 Å². The number of ether oxygens (including phenoxy) is 1. The standard InChI is InChI=1S/C21H26N2O4S/c1-15-9-10-17(14-19(15)23-28(3,25)26)22-20(24)21(11-4-5-12-21)16-7-6-8-18(13-16)27-2/h6-10,13-14,23H,4-5,11-12H2,1-3H3,(H,22,24). The number of rotatable bonds is 6. The van der Waals surface area contributed by atoms with E-state index in [9.17, 15) is 13.2 Å². The topological polar surface area (TPSA) is 84.5 Å². The fourth-order valence-corrected chi connectivity index (χ4v) is 4.43. The molecule has 0 atom stereocenters. The van der Waals surface area contributed by atoms with Crippen molar-refractivity contribution >= 4 is 27.3 Å². The van der Waals surface area contributed by atoms with Crippen molar-refractivity contribution in [2.75, 3.05) is 23.4 Å². The minimum absolute atomic E-state index is 0.0765. The van der Waals surface area contributed by atoms with Crippen LogP contribution < -0.4 is 14.8 Å². The van der Waals surface area contributed by atoms with Crippen LogP contribution in [-0.4, -0.2) is 27.7 Å². The lowest BCUT2D eigenvalue weighted by Crippen LogP contribution is -2.38. The zero-order valence-corrected chi connectivity index (χ0v) is 17.2. The highest BCUT2D eigenvalue weighted by Crippen LogP contribution is 2.43. The van der Waals surface area contributed by atoms with Crippen LogP contribution in [0.4, 0.5) is 11.4 Å². The molecule has 28 heavy (non-hydrogen) atoms. The Morgan fingerprint density at radius 1 is 1.11 bits per heavy atom. The largest absolute Gasteiger partial charge is 0.497 e. The Kier molecular flexibility index (Phi) is 5.65. The van der Waals surface area contributed by atoms with Crippen LogP contribution in [0.3, 0.4) is 0 Å². The fraction of sp³-hybridized carbons (Fsp3) is 0.381. The smallest absolute Gasteiger partial charge is 0.235 e. The first-order valence-corrected chi connectivity index (χ1v) is 11.2.